The molecule has 0 atom stereocenters. The largest absolute Gasteiger partial charge is 0.504 e. The maximum atomic E-state index is 12.3. The Morgan fingerprint density at radius 2 is 2.14 bits per heavy atom. The molecule has 0 fully saturated rings. The molecule has 9 nitrogen and oxygen atoms in total. The highest BCUT2D eigenvalue weighted by atomic mass is 32.2. The van der Waals surface area contributed by atoms with Gasteiger partial charge >= 0.3 is 0 Å². The molecule has 1 aromatic heterocycles. The number of methoxy groups -OCH3 is 1. The molecular formula is C17H18N4O5S2. The van der Waals surface area contributed by atoms with Gasteiger partial charge in [0.25, 0.3) is 5.91 Å². The Bertz CT molecular complexity index is 1050. The second kappa shape index (κ2) is 8.81. The summed E-state index contributed by atoms with van der Waals surface area (Å²) in [6.45, 7) is 3.53. The molecule has 0 saturated heterocycles. The van der Waals surface area contributed by atoms with E-state index in [2.05, 4.69) is 15.5 Å². The normalized spacial score (nSPS) is 11.9. The summed E-state index contributed by atoms with van der Waals surface area (Å²) in [4.78, 5) is 12.3. The summed E-state index contributed by atoms with van der Waals surface area (Å²) in [6.07, 6.45) is 1.30. The van der Waals surface area contributed by atoms with Crippen molar-refractivity contribution in [3.05, 3.63) is 29.3 Å². The number of nitriles is 1. The van der Waals surface area contributed by atoms with Gasteiger partial charge < -0.3 is 9.84 Å². The molecule has 2 N–H and O–H groups in total. The number of benzene rings is 1. The molecule has 1 heterocycles. The van der Waals surface area contributed by atoms with Gasteiger partial charge in [-0.05, 0) is 29.7 Å². The number of ether oxygens (including phenoxy) is 1. The maximum absolute atomic E-state index is 12.3. The number of hydrogen-bond donors (Lipinski definition) is 2. The van der Waals surface area contributed by atoms with Crippen molar-refractivity contribution in [2.75, 3.05) is 18.2 Å². The zero-order valence-corrected chi connectivity index (χ0v) is 17.0. The third kappa shape index (κ3) is 5.28. The summed E-state index contributed by atoms with van der Waals surface area (Å²) in [5.41, 5.74) is 0.216. The second-order valence-corrected chi connectivity index (χ2v) is 9.29. The van der Waals surface area contributed by atoms with Crippen LogP contribution in [0.5, 0.6) is 11.5 Å². The fourth-order valence-electron chi connectivity index (χ4n) is 2.16. The summed E-state index contributed by atoms with van der Waals surface area (Å²) >= 11 is 0.721. The minimum Gasteiger partial charge on any atom is -0.504 e. The van der Waals surface area contributed by atoms with Crippen molar-refractivity contribution in [2.24, 2.45) is 5.92 Å². The zero-order valence-electron chi connectivity index (χ0n) is 15.3. The number of nitrogens with one attached hydrogen (secondary N) is 1. The van der Waals surface area contributed by atoms with E-state index < -0.39 is 15.7 Å². The summed E-state index contributed by atoms with van der Waals surface area (Å²) in [7, 11) is -2.21. The van der Waals surface area contributed by atoms with Gasteiger partial charge in [-0.3, -0.25) is 10.1 Å². The number of nitrogens with zero attached hydrogens (tertiary/aromatic N) is 3. The van der Waals surface area contributed by atoms with Crippen molar-refractivity contribution >= 4 is 38.3 Å². The van der Waals surface area contributed by atoms with Crippen LogP contribution in [-0.2, 0) is 14.6 Å². The molecule has 28 heavy (non-hydrogen) atoms. The fraction of sp³-hybridized carbons (Fsp3) is 0.294. The lowest BCUT2D eigenvalue weighted by molar-refractivity contribution is -0.112. The molecule has 0 aliphatic carbocycles. The summed E-state index contributed by atoms with van der Waals surface area (Å²) in [6, 6.07) is 6.10. The van der Waals surface area contributed by atoms with E-state index in [9.17, 15) is 23.6 Å². The van der Waals surface area contributed by atoms with Crippen molar-refractivity contribution in [2.45, 2.75) is 18.2 Å². The molecule has 1 aromatic carbocycles. The van der Waals surface area contributed by atoms with Crippen LogP contribution < -0.4 is 10.1 Å². The standard InChI is InChI=1S/C17H18N4O5S2/c1-10(2)9-28(24,25)17-21-20-16(27-17)19-15(23)12(8-18)6-11-4-5-13(22)14(7-11)26-3/h4-7,10,22H,9H2,1-3H3,(H,19,20,23). The third-order valence-electron chi connectivity index (χ3n) is 3.33. The molecule has 0 unspecified atom stereocenters. The number of anilines is 1. The quantitative estimate of drug-likeness (QED) is 0.393. The Hall–Kier alpha value is -2.97. The van der Waals surface area contributed by atoms with Gasteiger partial charge in [-0.2, -0.15) is 5.26 Å². The van der Waals surface area contributed by atoms with Crippen LogP contribution in [0.15, 0.2) is 28.1 Å². The summed E-state index contributed by atoms with van der Waals surface area (Å²) in [5.74, 6) is -0.815. The van der Waals surface area contributed by atoms with Crippen LogP contribution in [-0.4, -0.2) is 42.5 Å². The minimum absolute atomic E-state index is 0.0308. The van der Waals surface area contributed by atoms with E-state index in [1.54, 1.807) is 19.9 Å². The van der Waals surface area contributed by atoms with Crippen molar-refractivity contribution in [3.8, 4) is 17.6 Å². The minimum atomic E-state index is -3.58. The van der Waals surface area contributed by atoms with Crippen molar-refractivity contribution < 1.29 is 23.1 Å². The average Bonchev–Trinajstić information content (AvgIpc) is 3.09. The second-order valence-electron chi connectivity index (χ2n) is 6.10. The molecular weight excluding hydrogens is 404 g/mol. The number of rotatable bonds is 7. The molecule has 0 bridgehead atoms. The predicted molar refractivity (Wildman–Crippen MR) is 104 cm³/mol. The van der Waals surface area contributed by atoms with Gasteiger partial charge in [-0.1, -0.05) is 31.3 Å². The Balaban J connectivity index is 2.20. The SMILES string of the molecule is COc1cc(C=C(C#N)C(=O)Nc2nnc(S(=O)(=O)CC(C)C)s2)ccc1O. The predicted octanol–water partition coefficient (Wildman–Crippen LogP) is 2.23. The zero-order chi connectivity index (χ0) is 20.9. The van der Waals surface area contributed by atoms with Crippen molar-refractivity contribution in [1.82, 2.24) is 10.2 Å². The van der Waals surface area contributed by atoms with Crippen LogP contribution in [0.4, 0.5) is 5.13 Å². The van der Waals surface area contributed by atoms with Gasteiger partial charge in [0.1, 0.15) is 11.6 Å². The van der Waals surface area contributed by atoms with Crippen LogP contribution >= 0.6 is 11.3 Å². The number of amides is 1. The number of carbonyl (C=O) groups is 1. The van der Waals surface area contributed by atoms with Gasteiger partial charge in [0.15, 0.2) is 11.5 Å². The number of aromatic nitrogens is 2. The number of sulfone groups is 1. The first-order valence-corrected chi connectivity index (χ1v) is 10.5. The molecule has 11 heteroatoms. The first-order valence-electron chi connectivity index (χ1n) is 8.02. The summed E-state index contributed by atoms with van der Waals surface area (Å²) < 4.78 is 29.1. The first-order chi connectivity index (χ1) is 13.2. The highest BCUT2D eigenvalue weighted by Gasteiger charge is 2.22. The van der Waals surface area contributed by atoms with Gasteiger partial charge in [0, 0.05) is 0 Å². The number of aromatic hydroxyl groups is 1. The lowest BCUT2D eigenvalue weighted by atomic mass is 10.1. The fourth-order valence-corrected chi connectivity index (χ4v) is 4.77. The van der Waals surface area contributed by atoms with Crippen LogP contribution in [0, 0.1) is 17.2 Å². The van der Waals surface area contributed by atoms with Crippen LogP contribution in [0.1, 0.15) is 19.4 Å². The van der Waals surface area contributed by atoms with Crippen molar-refractivity contribution in [3.63, 3.8) is 0 Å². The van der Waals surface area contributed by atoms with E-state index in [1.807, 2.05) is 0 Å². The van der Waals surface area contributed by atoms with Crippen LogP contribution in [0.2, 0.25) is 0 Å². The van der Waals surface area contributed by atoms with E-state index in [0.717, 1.165) is 11.3 Å². The third-order valence-corrected chi connectivity index (χ3v) is 6.69. The Labute approximate surface area is 166 Å². The number of carbonyl (C=O) groups excluding carboxylic acids is 1. The van der Waals surface area contributed by atoms with Crippen molar-refractivity contribution in [1.29, 1.82) is 5.26 Å². The molecule has 148 valence electrons. The van der Waals surface area contributed by atoms with Gasteiger partial charge in [-0.25, -0.2) is 8.42 Å². The number of hydrogen-bond acceptors (Lipinski definition) is 9. The van der Waals surface area contributed by atoms with E-state index in [0.29, 0.717) is 5.56 Å². The molecule has 0 spiro atoms. The van der Waals surface area contributed by atoms with E-state index in [-0.39, 0.29) is 38.2 Å². The summed E-state index contributed by atoms with van der Waals surface area (Å²) in [5, 5.41) is 28.5. The molecule has 0 aliphatic rings. The van der Waals surface area contributed by atoms with Gasteiger partial charge in [0.05, 0.1) is 12.9 Å². The first kappa shape index (κ1) is 21.3. The lowest BCUT2D eigenvalue weighted by Crippen LogP contribution is -2.13. The van der Waals surface area contributed by atoms with Gasteiger partial charge in [-0.15, -0.1) is 10.2 Å². The van der Waals surface area contributed by atoms with Crippen LogP contribution in [0.3, 0.4) is 0 Å². The maximum Gasteiger partial charge on any atom is 0.268 e. The number of phenols is 1. The molecule has 1 amide bonds. The highest BCUT2D eigenvalue weighted by Crippen LogP contribution is 2.27. The van der Waals surface area contributed by atoms with Gasteiger partial charge in [0.2, 0.25) is 19.3 Å². The monoisotopic (exact) mass is 422 g/mol. The molecule has 0 saturated carbocycles. The van der Waals surface area contributed by atoms with Crippen LogP contribution in [0.25, 0.3) is 6.08 Å². The topological polar surface area (TPSA) is 142 Å². The molecule has 0 radical (unpaired) electrons. The Morgan fingerprint density at radius 3 is 2.75 bits per heavy atom. The Kier molecular flexibility index (Phi) is 6.71. The van der Waals surface area contributed by atoms with E-state index in [4.69, 9.17) is 4.74 Å². The molecule has 2 aromatic rings. The highest BCUT2D eigenvalue weighted by molar-refractivity contribution is 7.93. The van der Waals surface area contributed by atoms with E-state index >= 15 is 0 Å². The average molecular weight is 422 g/mol. The smallest absolute Gasteiger partial charge is 0.268 e. The number of phenolic OH excluding ortho intramolecular Hbond substituents is 1. The van der Waals surface area contributed by atoms with E-state index in [1.165, 1.54) is 31.4 Å². The Morgan fingerprint density at radius 1 is 1.43 bits per heavy atom. The molecule has 2 rings (SSSR count). The lowest BCUT2D eigenvalue weighted by Gasteiger charge is -2.04. The molecule has 0 aliphatic heterocycles.